The fourth-order valence-corrected chi connectivity index (χ4v) is 3.63. The minimum Gasteiger partial charge on any atom is -0.343 e. The predicted molar refractivity (Wildman–Crippen MR) is 83.8 cm³/mol. The highest BCUT2D eigenvalue weighted by Crippen LogP contribution is 2.41. The average molecular weight is 304 g/mol. The lowest BCUT2D eigenvalue weighted by Crippen LogP contribution is -2.28. The van der Waals surface area contributed by atoms with Crippen LogP contribution in [0.2, 0.25) is 0 Å². The molecule has 3 nitrogen and oxygen atoms in total. The molecule has 1 saturated carbocycles. The van der Waals surface area contributed by atoms with Gasteiger partial charge >= 0.3 is 0 Å². The second kappa shape index (κ2) is 5.89. The molecule has 1 N–H and O–H groups in total. The number of amides is 1. The summed E-state index contributed by atoms with van der Waals surface area (Å²) in [7, 11) is 0. The van der Waals surface area contributed by atoms with Crippen LogP contribution in [0, 0.1) is 12.8 Å². The van der Waals surface area contributed by atoms with Crippen LogP contribution in [0.1, 0.15) is 34.5 Å². The van der Waals surface area contributed by atoms with Crippen molar-refractivity contribution in [1.82, 2.24) is 10.3 Å². The zero-order valence-corrected chi connectivity index (χ0v) is 12.8. The predicted octanol–water partition coefficient (Wildman–Crippen LogP) is 3.79. The molecular weight excluding hydrogens is 288 g/mol. The molecule has 1 fully saturated rings. The highest BCUT2D eigenvalue weighted by Gasteiger charge is 2.34. The van der Waals surface area contributed by atoms with Gasteiger partial charge in [-0.2, -0.15) is 0 Å². The topological polar surface area (TPSA) is 42.0 Å². The van der Waals surface area contributed by atoms with E-state index in [-0.39, 0.29) is 11.9 Å². The molecule has 2 aromatic rings. The minimum absolute atomic E-state index is 0.0387. The summed E-state index contributed by atoms with van der Waals surface area (Å²) in [6, 6.07) is 4.05. The molecule has 1 amide bonds. The number of nitrogens with one attached hydrogen (secondary N) is 1. The standard InChI is InChI=1S/C15H16N2OS2/c1-10-9-20-15(16-10)14(11-4-5-11)17-13(18)7-6-12-3-2-8-19-12/h2-3,6-9,11,14H,4-5H2,1H3,(H,17,18)/b7-6+/t14-/m1/s1. The maximum atomic E-state index is 12.0. The van der Waals surface area contributed by atoms with Crippen molar-refractivity contribution in [2.45, 2.75) is 25.8 Å². The molecule has 104 valence electrons. The quantitative estimate of drug-likeness (QED) is 0.854. The average Bonchev–Trinajstić information content (AvgIpc) is 2.96. The lowest BCUT2D eigenvalue weighted by Gasteiger charge is -2.14. The molecule has 1 aliphatic carbocycles. The summed E-state index contributed by atoms with van der Waals surface area (Å²) >= 11 is 3.26. The van der Waals surface area contributed by atoms with Gasteiger partial charge in [0.2, 0.25) is 5.91 Å². The normalized spacial score (nSPS) is 16.4. The summed E-state index contributed by atoms with van der Waals surface area (Å²) in [5.74, 6) is 0.516. The monoisotopic (exact) mass is 304 g/mol. The summed E-state index contributed by atoms with van der Waals surface area (Å²) in [6.07, 6.45) is 5.83. The summed E-state index contributed by atoms with van der Waals surface area (Å²) in [5.41, 5.74) is 1.03. The fraction of sp³-hybridized carbons (Fsp3) is 0.333. The number of thiazole rings is 1. The van der Waals surface area contributed by atoms with E-state index in [0.717, 1.165) is 15.6 Å². The van der Waals surface area contributed by atoms with Crippen LogP contribution >= 0.6 is 22.7 Å². The Hall–Kier alpha value is -1.46. The number of aryl methyl sites for hydroxylation is 1. The number of hydrogen-bond donors (Lipinski definition) is 1. The molecular formula is C15H16N2OS2. The Morgan fingerprint density at radius 1 is 1.50 bits per heavy atom. The molecule has 2 aromatic heterocycles. The third-order valence-electron chi connectivity index (χ3n) is 3.24. The van der Waals surface area contributed by atoms with Crippen LogP contribution in [-0.2, 0) is 4.79 Å². The van der Waals surface area contributed by atoms with Crippen LogP contribution < -0.4 is 5.32 Å². The number of carbonyl (C=O) groups is 1. The van der Waals surface area contributed by atoms with E-state index in [2.05, 4.69) is 10.3 Å². The van der Waals surface area contributed by atoms with E-state index in [4.69, 9.17) is 0 Å². The molecule has 5 heteroatoms. The molecule has 1 atom stereocenters. The van der Waals surface area contributed by atoms with Gasteiger partial charge < -0.3 is 5.32 Å². The summed E-state index contributed by atoms with van der Waals surface area (Å²) < 4.78 is 0. The lowest BCUT2D eigenvalue weighted by atomic mass is 10.2. The largest absolute Gasteiger partial charge is 0.343 e. The summed E-state index contributed by atoms with van der Waals surface area (Å²) in [6.45, 7) is 1.99. The first-order chi connectivity index (χ1) is 9.72. The van der Waals surface area contributed by atoms with Gasteiger partial charge in [-0.1, -0.05) is 6.07 Å². The van der Waals surface area contributed by atoms with Crippen LogP contribution in [-0.4, -0.2) is 10.9 Å². The van der Waals surface area contributed by atoms with E-state index in [9.17, 15) is 4.79 Å². The molecule has 20 heavy (non-hydrogen) atoms. The second-order valence-electron chi connectivity index (χ2n) is 5.00. The summed E-state index contributed by atoms with van der Waals surface area (Å²) in [4.78, 5) is 17.7. The van der Waals surface area contributed by atoms with E-state index in [1.807, 2.05) is 35.9 Å². The molecule has 0 bridgehead atoms. The first-order valence-electron chi connectivity index (χ1n) is 6.66. The third kappa shape index (κ3) is 3.35. The van der Waals surface area contributed by atoms with Crippen LogP contribution in [0.3, 0.4) is 0 Å². The Labute approximate surface area is 126 Å². The second-order valence-corrected chi connectivity index (χ2v) is 6.87. The number of thiophene rings is 1. The molecule has 0 unspecified atom stereocenters. The number of nitrogens with zero attached hydrogens (tertiary/aromatic N) is 1. The van der Waals surface area contributed by atoms with Gasteiger partial charge in [0.1, 0.15) is 5.01 Å². The molecule has 2 heterocycles. The van der Waals surface area contributed by atoms with Gasteiger partial charge in [0, 0.05) is 22.0 Å². The number of hydrogen-bond acceptors (Lipinski definition) is 4. The van der Waals surface area contributed by atoms with Crippen molar-refractivity contribution in [3.8, 4) is 0 Å². The van der Waals surface area contributed by atoms with Gasteiger partial charge in [-0.25, -0.2) is 4.98 Å². The number of rotatable bonds is 5. The maximum absolute atomic E-state index is 12.0. The first kappa shape index (κ1) is 13.5. The van der Waals surface area contributed by atoms with Crippen molar-refractivity contribution in [1.29, 1.82) is 0 Å². The van der Waals surface area contributed by atoms with Crippen molar-refractivity contribution < 1.29 is 4.79 Å². The molecule has 0 spiro atoms. The zero-order chi connectivity index (χ0) is 13.9. The smallest absolute Gasteiger partial charge is 0.244 e. The van der Waals surface area contributed by atoms with E-state index in [1.54, 1.807) is 28.7 Å². The highest BCUT2D eigenvalue weighted by atomic mass is 32.1. The van der Waals surface area contributed by atoms with E-state index < -0.39 is 0 Å². The third-order valence-corrected chi connectivity index (χ3v) is 5.12. The fourth-order valence-electron chi connectivity index (χ4n) is 2.07. The van der Waals surface area contributed by atoms with Gasteiger partial charge in [0.15, 0.2) is 0 Å². The lowest BCUT2D eigenvalue weighted by molar-refractivity contribution is -0.117. The Morgan fingerprint density at radius 2 is 2.35 bits per heavy atom. The number of carbonyl (C=O) groups excluding carboxylic acids is 1. The van der Waals surface area contributed by atoms with E-state index in [1.165, 1.54) is 12.8 Å². The minimum atomic E-state index is -0.0387. The van der Waals surface area contributed by atoms with E-state index in [0.29, 0.717) is 5.92 Å². The van der Waals surface area contributed by atoms with Crippen LogP contribution in [0.4, 0.5) is 0 Å². The van der Waals surface area contributed by atoms with Crippen molar-refractivity contribution in [3.05, 3.63) is 44.5 Å². The highest BCUT2D eigenvalue weighted by molar-refractivity contribution is 7.10. The molecule has 0 radical (unpaired) electrons. The van der Waals surface area contributed by atoms with Gasteiger partial charge in [0.25, 0.3) is 0 Å². The van der Waals surface area contributed by atoms with Crippen LogP contribution in [0.5, 0.6) is 0 Å². The van der Waals surface area contributed by atoms with Crippen LogP contribution in [0.25, 0.3) is 6.08 Å². The molecule has 3 rings (SSSR count). The van der Waals surface area contributed by atoms with Gasteiger partial charge in [-0.3, -0.25) is 4.79 Å². The van der Waals surface area contributed by atoms with Crippen molar-refractivity contribution >= 4 is 34.7 Å². The van der Waals surface area contributed by atoms with Gasteiger partial charge in [0.05, 0.1) is 6.04 Å². The Bertz CT molecular complexity index is 612. The van der Waals surface area contributed by atoms with Crippen molar-refractivity contribution in [2.24, 2.45) is 5.92 Å². The summed E-state index contributed by atoms with van der Waals surface area (Å²) in [5, 5.41) is 8.17. The van der Waals surface area contributed by atoms with Crippen molar-refractivity contribution in [3.63, 3.8) is 0 Å². The van der Waals surface area contributed by atoms with Gasteiger partial charge in [-0.15, -0.1) is 22.7 Å². The SMILES string of the molecule is Cc1csc([C@H](NC(=O)/C=C/c2cccs2)C2CC2)n1. The Morgan fingerprint density at radius 3 is 2.95 bits per heavy atom. The van der Waals surface area contributed by atoms with Gasteiger partial charge in [-0.05, 0) is 43.2 Å². The molecule has 0 aliphatic heterocycles. The zero-order valence-electron chi connectivity index (χ0n) is 11.2. The van der Waals surface area contributed by atoms with Crippen molar-refractivity contribution in [2.75, 3.05) is 0 Å². The van der Waals surface area contributed by atoms with Crippen LogP contribution in [0.15, 0.2) is 29.0 Å². The molecule has 0 aromatic carbocycles. The van der Waals surface area contributed by atoms with E-state index >= 15 is 0 Å². The first-order valence-corrected chi connectivity index (χ1v) is 8.42. The maximum Gasteiger partial charge on any atom is 0.244 e. The Balaban J connectivity index is 1.66. The molecule has 0 saturated heterocycles. The number of aromatic nitrogens is 1. The Kier molecular flexibility index (Phi) is 3.98. The molecule has 1 aliphatic rings.